The third-order valence-corrected chi connectivity index (χ3v) is 2.82. The van der Waals surface area contributed by atoms with Crippen molar-refractivity contribution in [3.05, 3.63) is 42.4 Å². The van der Waals surface area contributed by atoms with Gasteiger partial charge in [0.25, 0.3) is 5.91 Å². The van der Waals surface area contributed by atoms with Crippen LogP contribution in [-0.2, 0) is 9.53 Å². The molecule has 2 aromatic rings. The van der Waals surface area contributed by atoms with E-state index in [1.807, 2.05) is 0 Å². The van der Waals surface area contributed by atoms with E-state index in [2.05, 4.69) is 15.5 Å². The van der Waals surface area contributed by atoms with Crippen molar-refractivity contribution in [3.8, 4) is 11.8 Å². The second-order valence-electron chi connectivity index (χ2n) is 4.73. The quantitative estimate of drug-likeness (QED) is 0.655. The fourth-order valence-corrected chi connectivity index (χ4v) is 1.71. The van der Waals surface area contributed by atoms with Gasteiger partial charge in [0.1, 0.15) is 5.75 Å². The van der Waals surface area contributed by atoms with Crippen LogP contribution in [0.25, 0.3) is 5.57 Å². The third kappa shape index (κ3) is 4.09. The van der Waals surface area contributed by atoms with Crippen LogP contribution in [0.4, 0.5) is 4.79 Å². The number of rotatable bonds is 5. The number of amides is 3. The Bertz CT molecular complexity index is 740. The maximum Gasteiger partial charge on any atom is 0.422 e. The number of aromatic nitrogens is 2. The molecule has 9 heteroatoms. The normalized spacial score (nSPS) is 10.9. The summed E-state index contributed by atoms with van der Waals surface area (Å²) in [6.45, 7) is 0. The first kappa shape index (κ1) is 17.0. The molecule has 126 valence electrons. The number of benzene rings is 1. The van der Waals surface area contributed by atoms with Gasteiger partial charge in [-0.1, -0.05) is 23.4 Å². The fraction of sp³-hybridized carbons (Fsp3) is 0.200. The molecule has 0 bridgehead atoms. The van der Waals surface area contributed by atoms with Crippen LogP contribution in [0.1, 0.15) is 5.56 Å². The number of urea groups is 1. The van der Waals surface area contributed by atoms with Crippen molar-refractivity contribution in [2.45, 2.75) is 0 Å². The van der Waals surface area contributed by atoms with E-state index in [9.17, 15) is 9.59 Å². The summed E-state index contributed by atoms with van der Waals surface area (Å²) in [5.74, 6) is -0.352. The zero-order valence-corrected chi connectivity index (χ0v) is 13.3. The molecule has 1 aromatic heterocycles. The van der Waals surface area contributed by atoms with Crippen LogP contribution in [0.15, 0.2) is 41.4 Å². The average molecular weight is 332 g/mol. The molecule has 24 heavy (non-hydrogen) atoms. The molecule has 0 spiro atoms. The van der Waals surface area contributed by atoms with Gasteiger partial charge < -0.3 is 14.4 Å². The van der Waals surface area contributed by atoms with Crippen LogP contribution in [0.2, 0.25) is 0 Å². The van der Waals surface area contributed by atoms with Crippen molar-refractivity contribution in [3.63, 3.8) is 0 Å². The van der Waals surface area contributed by atoms with Gasteiger partial charge in [0.05, 0.1) is 18.9 Å². The van der Waals surface area contributed by atoms with E-state index in [-0.39, 0.29) is 17.4 Å². The van der Waals surface area contributed by atoms with Gasteiger partial charge in [-0.05, 0) is 6.07 Å². The van der Waals surface area contributed by atoms with Crippen LogP contribution < -0.4 is 10.1 Å². The Morgan fingerprint density at radius 3 is 2.67 bits per heavy atom. The van der Waals surface area contributed by atoms with Gasteiger partial charge in [0, 0.05) is 19.7 Å². The summed E-state index contributed by atoms with van der Waals surface area (Å²) in [7, 11) is 4.44. The lowest BCUT2D eigenvalue weighted by Gasteiger charge is -2.14. The van der Waals surface area contributed by atoms with Crippen molar-refractivity contribution >= 4 is 17.5 Å². The van der Waals surface area contributed by atoms with E-state index in [0.717, 1.165) is 0 Å². The highest BCUT2D eigenvalue weighted by atomic mass is 16.6. The highest BCUT2D eigenvalue weighted by Gasteiger charge is 2.20. The van der Waals surface area contributed by atoms with E-state index < -0.39 is 11.9 Å². The van der Waals surface area contributed by atoms with E-state index >= 15 is 0 Å². The van der Waals surface area contributed by atoms with Crippen molar-refractivity contribution in [2.24, 2.45) is 0 Å². The van der Waals surface area contributed by atoms with Gasteiger partial charge in [-0.15, -0.1) is 0 Å². The number of nitrogens with zero attached hydrogens (tertiary/aromatic N) is 3. The van der Waals surface area contributed by atoms with Crippen molar-refractivity contribution in [1.29, 1.82) is 0 Å². The van der Waals surface area contributed by atoms with E-state index in [1.165, 1.54) is 38.7 Å². The number of hydrogen-bond donors (Lipinski definition) is 1. The van der Waals surface area contributed by atoms with Gasteiger partial charge >= 0.3 is 12.1 Å². The van der Waals surface area contributed by atoms with Crippen molar-refractivity contribution in [1.82, 2.24) is 20.4 Å². The minimum Gasteiger partial charge on any atom is -0.504 e. The van der Waals surface area contributed by atoms with Crippen LogP contribution in [0.3, 0.4) is 0 Å². The summed E-state index contributed by atoms with van der Waals surface area (Å²) in [4.78, 5) is 29.1. The molecule has 0 aliphatic carbocycles. The topological polar surface area (TPSA) is 107 Å². The number of methoxy groups -OCH3 is 1. The molecule has 1 heterocycles. The summed E-state index contributed by atoms with van der Waals surface area (Å²) >= 11 is 0. The number of ether oxygens (including phenoxy) is 2. The van der Waals surface area contributed by atoms with Crippen molar-refractivity contribution < 1.29 is 23.6 Å². The summed E-state index contributed by atoms with van der Waals surface area (Å²) in [6.07, 6.45) is 2.32. The Morgan fingerprint density at radius 2 is 2.04 bits per heavy atom. The Hall–Kier alpha value is -3.36. The minimum absolute atomic E-state index is 0.0796. The molecule has 0 aliphatic heterocycles. The molecule has 0 saturated carbocycles. The lowest BCUT2D eigenvalue weighted by Crippen LogP contribution is -2.39. The zero-order chi connectivity index (χ0) is 17.5. The molecular weight excluding hydrogens is 316 g/mol. The Kier molecular flexibility index (Phi) is 5.50. The second kappa shape index (κ2) is 7.77. The maximum atomic E-state index is 12.4. The lowest BCUT2D eigenvalue weighted by atomic mass is 10.1. The molecule has 1 N–H and O–H groups in total. The van der Waals surface area contributed by atoms with Crippen molar-refractivity contribution in [2.75, 3.05) is 21.2 Å². The summed E-state index contributed by atoms with van der Waals surface area (Å²) in [5, 5.41) is 5.68. The monoisotopic (exact) mass is 332 g/mol. The van der Waals surface area contributed by atoms with Crippen LogP contribution in [0.5, 0.6) is 11.8 Å². The predicted molar refractivity (Wildman–Crippen MR) is 83.0 cm³/mol. The lowest BCUT2D eigenvalue weighted by molar-refractivity contribution is -0.114. The first-order valence-corrected chi connectivity index (χ1v) is 6.82. The summed E-state index contributed by atoms with van der Waals surface area (Å²) in [6, 6.07) is 6.11. The minimum atomic E-state index is -0.642. The second-order valence-corrected chi connectivity index (χ2v) is 4.73. The number of carbonyl (C=O) groups excluding carboxylic acids is 2. The van der Waals surface area contributed by atoms with Gasteiger partial charge in [-0.2, -0.15) is 4.98 Å². The van der Waals surface area contributed by atoms with Gasteiger partial charge in [0.2, 0.25) is 0 Å². The molecule has 2 rings (SSSR count). The molecular formula is C15H16N4O5. The first-order chi connectivity index (χ1) is 11.5. The van der Waals surface area contributed by atoms with E-state index in [1.54, 1.807) is 24.3 Å². The molecule has 0 radical (unpaired) electrons. The number of carbonyl (C=O) groups is 2. The zero-order valence-electron chi connectivity index (χ0n) is 13.3. The fourth-order valence-electron chi connectivity index (χ4n) is 1.71. The molecule has 0 atom stereocenters. The van der Waals surface area contributed by atoms with Crippen LogP contribution in [-0.4, -0.2) is 48.2 Å². The Balaban J connectivity index is 2.33. The molecule has 0 aliphatic rings. The Labute approximate surface area is 137 Å². The first-order valence-electron chi connectivity index (χ1n) is 6.82. The number of hydrogen-bond acceptors (Lipinski definition) is 7. The number of imide groups is 1. The third-order valence-electron chi connectivity index (χ3n) is 2.82. The largest absolute Gasteiger partial charge is 0.504 e. The smallest absolute Gasteiger partial charge is 0.422 e. The predicted octanol–water partition coefficient (Wildman–Crippen LogP) is 1.65. The van der Waals surface area contributed by atoms with Crippen LogP contribution in [0, 0.1) is 0 Å². The molecule has 1 aromatic carbocycles. The molecule has 0 fully saturated rings. The number of nitrogens with one attached hydrogen (secondary N) is 1. The SMILES string of the molecule is CO/C=C(/C(=O)NC(=O)N(C)C)c1ccccc1Oc1ncno1. The average Bonchev–Trinajstić information content (AvgIpc) is 3.06. The van der Waals surface area contributed by atoms with Gasteiger partial charge in [0.15, 0.2) is 6.33 Å². The molecule has 3 amide bonds. The highest BCUT2D eigenvalue weighted by Crippen LogP contribution is 2.29. The van der Waals surface area contributed by atoms with Crippen LogP contribution >= 0.6 is 0 Å². The standard InChI is InChI=1S/C15H16N4O5/c1-19(2)14(21)18-13(20)11(8-22-3)10-6-4-5-7-12(10)23-15-16-9-17-24-15/h4-9H,1-3H3,(H,18,20,21)/b11-8+. The maximum absolute atomic E-state index is 12.4. The van der Waals surface area contributed by atoms with Gasteiger partial charge in [-0.3, -0.25) is 14.6 Å². The molecule has 0 unspecified atom stereocenters. The number of para-hydroxylation sites is 1. The Morgan fingerprint density at radius 1 is 1.29 bits per heavy atom. The summed E-state index contributed by atoms with van der Waals surface area (Å²) in [5.41, 5.74) is 0.490. The van der Waals surface area contributed by atoms with E-state index in [0.29, 0.717) is 5.56 Å². The van der Waals surface area contributed by atoms with E-state index in [4.69, 9.17) is 14.0 Å². The highest BCUT2D eigenvalue weighted by molar-refractivity contribution is 6.23. The molecule has 9 nitrogen and oxygen atoms in total. The van der Waals surface area contributed by atoms with Gasteiger partial charge in [-0.25, -0.2) is 4.79 Å². The summed E-state index contributed by atoms with van der Waals surface area (Å²) < 4.78 is 15.2. The molecule has 0 saturated heterocycles.